The Labute approximate surface area is 90.1 Å². The van der Waals surface area contributed by atoms with Gasteiger partial charge in [-0.05, 0) is 17.7 Å². The van der Waals surface area contributed by atoms with Crippen LogP contribution in [0.3, 0.4) is 0 Å². The minimum Gasteiger partial charge on any atom is -0.205 e. The highest BCUT2D eigenvalue weighted by Gasteiger charge is 2.15. The van der Waals surface area contributed by atoms with Crippen molar-refractivity contribution in [2.75, 3.05) is 0 Å². The zero-order valence-corrected chi connectivity index (χ0v) is 8.72. The van der Waals surface area contributed by atoms with Gasteiger partial charge >= 0.3 is 0 Å². The predicted octanol–water partition coefficient (Wildman–Crippen LogP) is 4.50. The van der Waals surface area contributed by atoms with Crippen LogP contribution < -0.4 is 0 Å². The molecular weight excluding hydrogens is 228 g/mol. The molecule has 14 heavy (non-hydrogen) atoms. The Kier molecular flexibility index (Phi) is 3.58. The van der Waals surface area contributed by atoms with Crippen LogP contribution in [0.2, 0.25) is 10.0 Å². The van der Waals surface area contributed by atoms with E-state index in [-0.39, 0.29) is 10.0 Å². The Hall–Kier alpha value is -0.960. The van der Waals surface area contributed by atoms with Gasteiger partial charge in [0.2, 0.25) is 0 Å². The van der Waals surface area contributed by atoms with Crippen LogP contribution in [-0.4, -0.2) is 0 Å². The first-order valence-electron chi connectivity index (χ1n) is 3.75. The molecule has 0 spiro atoms. The first-order chi connectivity index (χ1) is 6.57. The lowest BCUT2D eigenvalue weighted by molar-refractivity contribution is 0.623. The summed E-state index contributed by atoms with van der Waals surface area (Å²) in [4.78, 5) is 2.61. The highest BCUT2D eigenvalue weighted by molar-refractivity contribution is 6.36. The summed E-state index contributed by atoms with van der Waals surface area (Å²) in [5, 5.41) is 3.59. The van der Waals surface area contributed by atoms with Crippen molar-refractivity contribution in [3.63, 3.8) is 0 Å². The highest BCUT2D eigenvalue weighted by Crippen LogP contribution is 2.33. The molecule has 1 rings (SSSR count). The molecule has 0 heterocycles. The number of hydrogen-bond donors (Lipinski definition) is 0. The van der Waals surface area contributed by atoms with Crippen LogP contribution >= 0.6 is 23.2 Å². The minimum atomic E-state index is -0.587. The van der Waals surface area contributed by atoms with Crippen molar-refractivity contribution in [2.45, 2.75) is 13.0 Å². The van der Waals surface area contributed by atoms with Crippen LogP contribution in [0.25, 0.3) is 10.4 Å². The van der Waals surface area contributed by atoms with Crippen molar-refractivity contribution in [3.05, 3.63) is 44.0 Å². The van der Waals surface area contributed by atoms with Crippen molar-refractivity contribution in [3.8, 4) is 0 Å². The van der Waals surface area contributed by atoms with Gasteiger partial charge in [0.1, 0.15) is 5.82 Å². The maximum absolute atomic E-state index is 13.0. The SMILES string of the molecule is C[C@H](N=[N+]=[N-])c1c(Cl)ccc(F)c1Cl. The third-order valence-corrected chi connectivity index (χ3v) is 2.44. The van der Waals surface area contributed by atoms with Gasteiger partial charge in [-0.1, -0.05) is 35.2 Å². The average molecular weight is 234 g/mol. The van der Waals surface area contributed by atoms with E-state index in [1.54, 1.807) is 6.92 Å². The fourth-order valence-electron chi connectivity index (χ4n) is 1.06. The van der Waals surface area contributed by atoms with Gasteiger partial charge in [0.05, 0.1) is 11.1 Å². The van der Waals surface area contributed by atoms with Gasteiger partial charge in [0, 0.05) is 15.5 Å². The summed E-state index contributed by atoms with van der Waals surface area (Å²) in [6, 6.07) is 1.95. The zero-order chi connectivity index (χ0) is 10.7. The summed E-state index contributed by atoms with van der Waals surface area (Å²) < 4.78 is 13.0. The second-order valence-corrected chi connectivity index (χ2v) is 3.42. The van der Waals surface area contributed by atoms with Crippen LogP contribution in [0, 0.1) is 5.82 Å². The Bertz CT molecular complexity index is 402. The molecule has 0 radical (unpaired) electrons. The first-order valence-corrected chi connectivity index (χ1v) is 4.51. The fraction of sp³-hybridized carbons (Fsp3) is 0.250. The summed E-state index contributed by atoms with van der Waals surface area (Å²) in [7, 11) is 0. The van der Waals surface area contributed by atoms with Gasteiger partial charge in [0.15, 0.2) is 0 Å². The van der Waals surface area contributed by atoms with Crippen molar-refractivity contribution in [1.82, 2.24) is 0 Å². The average Bonchev–Trinajstić information content (AvgIpc) is 2.13. The zero-order valence-electron chi connectivity index (χ0n) is 7.21. The van der Waals surface area contributed by atoms with Gasteiger partial charge in [0.25, 0.3) is 0 Å². The molecular formula is C8H6Cl2FN3. The van der Waals surface area contributed by atoms with E-state index in [0.29, 0.717) is 5.56 Å². The lowest BCUT2D eigenvalue weighted by atomic mass is 10.1. The minimum absolute atomic E-state index is 0.0996. The van der Waals surface area contributed by atoms with Crippen LogP contribution in [0.5, 0.6) is 0 Å². The molecule has 0 bridgehead atoms. The van der Waals surface area contributed by atoms with E-state index >= 15 is 0 Å². The van der Waals surface area contributed by atoms with Gasteiger partial charge in [-0.3, -0.25) is 0 Å². The Morgan fingerprint density at radius 3 is 2.71 bits per heavy atom. The molecule has 0 amide bonds. The molecule has 0 saturated heterocycles. The summed E-state index contributed by atoms with van der Waals surface area (Å²) in [6.07, 6.45) is 0. The van der Waals surface area contributed by atoms with E-state index in [4.69, 9.17) is 28.7 Å². The molecule has 0 unspecified atom stereocenters. The summed E-state index contributed by atoms with van der Waals surface area (Å²) >= 11 is 11.5. The number of azide groups is 1. The molecule has 3 nitrogen and oxygen atoms in total. The standard InChI is InChI=1S/C8H6Cl2FN3/c1-4(13-14-12)7-5(9)2-3-6(11)8(7)10/h2-4H,1H3/t4-/m0/s1. The predicted molar refractivity (Wildman–Crippen MR) is 54.0 cm³/mol. The molecule has 0 aliphatic carbocycles. The van der Waals surface area contributed by atoms with E-state index in [1.807, 2.05) is 0 Å². The Morgan fingerprint density at radius 2 is 2.14 bits per heavy atom. The van der Waals surface area contributed by atoms with Crippen molar-refractivity contribution in [2.24, 2.45) is 5.11 Å². The monoisotopic (exact) mass is 233 g/mol. The van der Waals surface area contributed by atoms with Crippen LogP contribution in [0.15, 0.2) is 17.2 Å². The highest BCUT2D eigenvalue weighted by atomic mass is 35.5. The summed E-state index contributed by atoms with van der Waals surface area (Å²) in [5.41, 5.74) is 8.54. The van der Waals surface area contributed by atoms with E-state index in [1.165, 1.54) is 6.07 Å². The third-order valence-electron chi connectivity index (χ3n) is 1.72. The van der Waals surface area contributed by atoms with Crippen LogP contribution in [0.1, 0.15) is 18.5 Å². The normalized spacial score (nSPS) is 12.0. The molecule has 6 heteroatoms. The van der Waals surface area contributed by atoms with Gasteiger partial charge < -0.3 is 0 Å². The maximum atomic E-state index is 13.0. The van der Waals surface area contributed by atoms with Crippen LogP contribution in [-0.2, 0) is 0 Å². The van der Waals surface area contributed by atoms with Crippen molar-refractivity contribution >= 4 is 23.2 Å². The van der Waals surface area contributed by atoms with E-state index < -0.39 is 11.9 Å². The second kappa shape index (κ2) is 4.51. The Balaban J connectivity index is 3.31. The molecule has 0 fully saturated rings. The number of hydrogen-bond acceptors (Lipinski definition) is 1. The number of rotatable bonds is 2. The molecule has 0 aromatic heterocycles. The van der Waals surface area contributed by atoms with Gasteiger partial charge in [-0.25, -0.2) is 4.39 Å². The molecule has 0 aliphatic rings. The van der Waals surface area contributed by atoms with E-state index in [9.17, 15) is 4.39 Å². The summed E-state index contributed by atoms with van der Waals surface area (Å²) in [6.45, 7) is 1.59. The number of benzene rings is 1. The second-order valence-electron chi connectivity index (χ2n) is 2.64. The van der Waals surface area contributed by atoms with Crippen molar-refractivity contribution < 1.29 is 4.39 Å². The lowest BCUT2D eigenvalue weighted by Gasteiger charge is -2.10. The molecule has 1 aromatic carbocycles. The molecule has 0 N–H and O–H groups in total. The number of nitrogens with zero attached hydrogens (tertiary/aromatic N) is 3. The molecule has 0 saturated carbocycles. The Morgan fingerprint density at radius 1 is 1.50 bits per heavy atom. The molecule has 0 aliphatic heterocycles. The summed E-state index contributed by atoms with van der Waals surface area (Å²) in [5.74, 6) is -0.578. The molecule has 1 atom stereocenters. The largest absolute Gasteiger partial charge is 0.205 e. The lowest BCUT2D eigenvalue weighted by Crippen LogP contribution is -1.94. The maximum Gasteiger partial charge on any atom is 0.142 e. The molecule has 74 valence electrons. The topological polar surface area (TPSA) is 48.8 Å². The van der Waals surface area contributed by atoms with Crippen molar-refractivity contribution in [1.29, 1.82) is 0 Å². The molecule has 1 aromatic rings. The fourth-order valence-corrected chi connectivity index (χ4v) is 1.75. The van der Waals surface area contributed by atoms with E-state index in [2.05, 4.69) is 10.0 Å². The first kappa shape index (κ1) is 11.1. The van der Waals surface area contributed by atoms with Gasteiger partial charge in [-0.15, -0.1) is 0 Å². The smallest absolute Gasteiger partial charge is 0.142 e. The quantitative estimate of drug-likeness (QED) is 0.313. The van der Waals surface area contributed by atoms with Gasteiger partial charge in [-0.2, -0.15) is 0 Å². The van der Waals surface area contributed by atoms with E-state index in [0.717, 1.165) is 6.07 Å². The van der Waals surface area contributed by atoms with Crippen LogP contribution in [0.4, 0.5) is 4.39 Å². The third kappa shape index (κ3) is 2.10. The number of halogens is 3.